The molecule has 4 nitrogen and oxygen atoms in total. The van der Waals surface area contributed by atoms with E-state index in [1.54, 1.807) is 19.1 Å². The summed E-state index contributed by atoms with van der Waals surface area (Å²) < 4.78 is 0. The molecule has 2 aromatic carbocycles. The Morgan fingerprint density at radius 3 is 2.38 bits per heavy atom. The summed E-state index contributed by atoms with van der Waals surface area (Å²) in [5.41, 5.74) is 0.551. The van der Waals surface area contributed by atoms with Gasteiger partial charge in [0, 0.05) is 10.8 Å². The van der Waals surface area contributed by atoms with Crippen LogP contribution in [0.3, 0.4) is 0 Å². The molecule has 2 aromatic rings. The normalized spacial score (nSPS) is 10.6. The predicted octanol–water partition coefficient (Wildman–Crippen LogP) is 2.26. The van der Waals surface area contributed by atoms with Gasteiger partial charge in [-0.25, -0.2) is 4.79 Å². The number of rotatable bonds is 1. The van der Waals surface area contributed by atoms with E-state index in [0.717, 1.165) is 5.56 Å². The lowest BCUT2D eigenvalue weighted by molar-refractivity contribution is 0.0696. The minimum atomic E-state index is -1.21. The van der Waals surface area contributed by atoms with Gasteiger partial charge in [0.25, 0.3) is 0 Å². The van der Waals surface area contributed by atoms with E-state index in [1.165, 1.54) is 12.1 Å². The highest BCUT2D eigenvalue weighted by molar-refractivity contribution is 6.07. The first-order valence-corrected chi connectivity index (χ1v) is 4.69. The molecule has 0 saturated carbocycles. The van der Waals surface area contributed by atoms with Gasteiger partial charge in [-0.05, 0) is 30.7 Å². The fourth-order valence-electron chi connectivity index (χ4n) is 1.77. The summed E-state index contributed by atoms with van der Waals surface area (Å²) in [5.74, 6) is -1.50. The molecule has 4 heteroatoms. The molecule has 3 N–H and O–H groups in total. The molecule has 0 atom stereocenters. The number of aryl methyl sites for hydroxylation is 1. The highest BCUT2D eigenvalue weighted by Gasteiger charge is 2.15. The van der Waals surface area contributed by atoms with Crippen LogP contribution in [0.1, 0.15) is 15.9 Å². The van der Waals surface area contributed by atoms with Crippen LogP contribution >= 0.6 is 0 Å². The second-order valence-corrected chi connectivity index (χ2v) is 3.64. The summed E-state index contributed by atoms with van der Waals surface area (Å²) >= 11 is 0. The molecule has 2 rings (SSSR count). The largest absolute Gasteiger partial charge is 0.507 e. The van der Waals surface area contributed by atoms with Crippen LogP contribution in [0.25, 0.3) is 10.8 Å². The van der Waals surface area contributed by atoms with E-state index in [9.17, 15) is 15.0 Å². The lowest BCUT2D eigenvalue weighted by Crippen LogP contribution is -1.98. The zero-order valence-electron chi connectivity index (χ0n) is 8.56. The number of hydrogen-bond acceptors (Lipinski definition) is 3. The van der Waals surface area contributed by atoms with Crippen LogP contribution < -0.4 is 0 Å². The predicted molar refractivity (Wildman–Crippen MR) is 59.0 cm³/mol. The smallest absolute Gasteiger partial charge is 0.340 e. The molecular weight excluding hydrogens is 208 g/mol. The molecule has 16 heavy (non-hydrogen) atoms. The molecule has 0 aliphatic rings. The summed E-state index contributed by atoms with van der Waals surface area (Å²) in [6.45, 7) is 1.74. The van der Waals surface area contributed by atoms with Crippen molar-refractivity contribution in [2.24, 2.45) is 0 Å². The fourth-order valence-corrected chi connectivity index (χ4v) is 1.77. The Morgan fingerprint density at radius 2 is 1.75 bits per heavy atom. The highest BCUT2D eigenvalue weighted by Crippen LogP contribution is 2.33. The van der Waals surface area contributed by atoms with Gasteiger partial charge in [0.2, 0.25) is 0 Å². The summed E-state index contributed by atoms with van der Waals surface area (Å²) in [5, 5.41) is 28.9. The van der Waals surface area contributed by atoms with Crippen LogP contribution in [0.15, 0.2) is 24.3 Å². The van der Waals surface area contributed by atoms with Crippen LogP contribution in [-0.4, -0.2) is 21.3 Å². The Balaban J connectivity index is 2.97. The summed E-state index contributed by atoms with van der Waals surface area (Å²) in [4.78, 5) is 11.0. The SMILES string of the molecule is Cc1cc(O)c2ccc(O)c(C(=O)O)c2c1. The Labute approximate surface area is 91.4 Å². The lowest BCUT2D eigenvalue weighted by atomic mass is 10.0. The van der Waals surface area contributed by atoms with Gasteiger partial charge in [-0.2, -0.15) is 0 Å². The van der Waals surface area contributed by atoms with Crippen molar-refractivity contribution in [1.29, 1.82) is 0 Å². The van der Waals surface area contributed by atoms with E-state index in [1.807, 2.05) is 0 Å². The topological polar surface area (TPSA) is 77.8 Å². The van der Waals surface area contributed by atoms with E-state index in [4.69, 9.17) is 5.11 Å². The molecule has 0 saturated heterocycles. The number of hydrogen-bond donors (Lipinski definition) is 3. The first-order valence-electron chi connectivity index (χ1n) is 4.69. The molecule has 0 fully saturated rings. The van der Waals surface area contributed by atoms with Gasteiger partial charge in [-0.3, -0.25) is 0 Å². The molecule has 0 radical (unpaired) electrons. The number of carbonyl (C=O) groups is 1. The third kappa shape index (κ3) is 1.44. The second-order valence-electron chi connectivity index (χ2n) is 3.64. The maximum absolute atomic E-state index is 11.0. The van der Waals surface area contributed by atoms with Gasteiger partial charge in [0.05, 0.1) is 0 Å². The standard InChI is InChI=1S/C12H10O4/c1-6-4-8-7(10(14)5-6)2-3-9(13)11(8)12(15)16/h2-5,13-14H,1H3,(H,15,16). The van der Waals surface area contributed by atoms with Gasteiger partial charge >= 0.3 is 5.97 Å². The van der Waals surface area contributed by atoms with Gasteiger partial charge in [0.15, 0.2) is 0 Å². The Hall–Kier alpha value is -2.23. The molecule has 0 aromatic heterocycles. The van der Waals surface area contributed by atoms with E-state index >= 15 is 0 Å². The maximum Gasteiger partial charge on any atom is 0.340 e. The summed E-state index contributed by atoms with van der Waals surface area (Å²) in [6, 6.07) is 5.93. The van der Waals surface area contributed by atoms with Crippen LogP contribution in [0.2, 0.25) is 0 Å². The van der Waals surface area contributed by atoms with Crippen LogP contribution in [0.5, 0.6) is 11.5 Å². The average molecular weight is 218 g/mol. The fraction of sp³-hybridized carbons (Fsp3) is 0.0833. The maximum atomic E-state index is 11.0. The molecule has 0 spiro atoms. The zero-order chi connectivity index (χ0) is 11.9. The Morgan fingerprint density at radius 1 is 1.06 bits per heavy atom. The van der Waals surface area contributed by atoms with E-state index in [2.05, 4.69) is 0 Å². The van der Waals surface area contributed by atoms with Crippen LogP contribution in [0, 0.1) is 6.92 Å². The minimum Gasteiger partial charge on any atom is -0.507 e. The monoisotopic (exact) mass is 218 g/mol. The van der Waals surface area contributed by atoms with Crippen LogP contribution in [-0.2, 0) is 0 Å². The summed E-state index contributed by atoms with van der Waals surface area (Å²) in [7, 11) is 0. The number of carboxylic acid groups (broad SMARTS) is 1. The van der Waals surface area contributed by atoms with Crippen molar-refractivity contribution in [2.45, 2.75) is 6.92 Å². The van der Waals surface area contributed by atoms with E-state index in [-0.39, 0.29) is 17.1 Å². The molecule has 0 aliphatic heterocycles. The van der Waals surface area contributed by atoms with Gasteiger partial charge in [-0.15, -0.1) is 0 Å². The number of aromatic carboxylic acids is 1. The first-order chi connectivity index (χ1) is 7.50. The molecule has 0 heterocycles. The molecule has 0 unspecified atom stereocenters. The number of carboxylic acids is 1. The number of fused-ring (bicyclic) bond motifs is 1. The van der Waals surface area contributed by atoms with E-state index < -0.39 is 5.97 Å². The number of benzene rings is 2. The molecule has 0 amide bonds. The lowest BCUT2D eigenvalue weighted by Gasteiger charge is -2.07. The minimum absolute atomic E-state index is 0.0116. The van der Waals surface area contributed by atoms with Gasteiger partial charge in [-0.1, -0.05) is 6.07 Å². The molecule has 0 bridgehead atoms. The second kappa shape index (κ2) is 3.41. The zero-order valence-corrected chi connectivity index (χ0v) is 8.56. The van der Waals surface area contributed by atoms with Crippen LogP contribution in [0.4, 0.5) is 0 Å². The first kappa shape index (κ1) is 10.3. The molecular formula is C12H10O4. The van der Waals surface area contributed by atoms with Gasteiger partial charge < -0.3 is 15.3 Å². The van der Waals surface area contributed by atoms with Crippen molar-refractivity contribution in [3.05, 3.63) is 35.4 Å². The Kier molecular flexibility index (Phi) is 2.20. The third-order valence-corrected chi connectivity index (χ3v) is 2.45. The van der Waals surface area contributed by atoms with Crippen molar-refractivity contribution >= 4 is 16.7 Å². The third-order valence-electron chi connectivity index (χ3n) is 2.45. The van der Waals surface area contributed by atoms with Gasteiger partial charge in [0.1, 0.15) is 17.1 Å². The molecule has 82 valence electrons. The van der Waals surface area contributed by atoms with Crippen molar-refractivity contribution in [3.63, 3.8) is 0 Å². The number of phenols is 2. The van der Waals surface area contributed by atoms with Crippen molar-refractivity contribution in [2.75, 3.05) is 0 Å². The number of aromatic hydroxyl groups is 2. The number of phenolic OH excluding ortho intramolecular Hbond substituents is 1. The van der Waals surface area contributed by atoms with E-state index in [0.29, 0.717) is 10.8 Å². The highest BCUT2D eigenvalue weighted by atomic mass is 16.4. The molecule has 0 aliphatic carbocycles. The van der Waals surface area contributed by atoms with Crippen molar-refractivity contribution in [1.82, 2.24) is 0 Å². The summed E-state index contributed by atoms with van der Waals surface area (Å²) in [6.07, 6.45) is 0. The van der Waals surface area contributed by atoms with Crippen molar-refractivity contribution in [3.8, 4) is 11.5 Å². The average Bonchev–Trinajstić information content (AvgIpc) is 2.15. The van der Waals surface area contributed by atoms with Crippen molar-refractivity contribution < 1.29 is 20.1 Å². The Bertz CT molecular complexity index is 587. The quantitative estimate of drug-likeness (QED) is 0.686.